The molecule has 0 aromatic heterocycles. The van der Waals surface area contributed by atoms with Gasteiger partial charge in [-0.2, -0.15) is 0 Å². The Labute approximate surface area is 115 Å². The number of likely N-dealkylation sites (tertiary alicyclic amines) is 1. The Kier molecular flexibility index (Phi) is 5.36. The Hall–Kier alpha value is -1.39. The SMILES string of the molecule is NC(=O)c1cccc(CNCCN2CCCCC2)c1. The minimum Gasteiger partial charge on any atom is -0.366 e. The van der Waals surface area contributed by atoms with Gasteiger partial charge in [0.1, 0.15) is 0 Å². The van der Waals surface area contributed by atoms with Crippen LogP contribution in [0.2, 0.25) is 0 Å². The highest BCUT2D eigenvalue weighted by Gasteiger charge is 2.08. The number of nitrogens with one attached hydrogen (secondary N) is 1. The molecule has 4 heteroatoms. The second-order valence-corrected chi connectivity index (χ2v) is 5.14. The lowest BCUT2D eigenvalue weighted by Gasteiger charge is -2.26. The molecule has 1 saturated heterocycles. The van der Waals surface area contributed by atoms with Gasteiger partial charge in [-0.05, 0) is 43.6 Å². The van der Waals surface area contributed by atoms with Crippen molar-refractivity contribution in [1.82, 2.24) is 10.2 Å². The third-order valence-corrected chi connectivity index (χ3v) is 3.59. The first-order valence-electron chi connectivity index (χ1n) is 7.07. The zero-order valence-electron chi connectivity index (χ0n) is 11.4. The van der Waals surface area contributed by atoms with E-state index in [2.05, 4.69) is 10.2 Å². The van der Waals surface area contributed by atoms with Gasteiger partial charge in [0.15, 0.2) is 0 Å². The predicted molar refractivity (Wildman–Crippen MR) is 77.0 cm³/mol. The molecule has 1 fully saturated rings. The molecule has 1 heterocycles. The maximum atomic E-state index is 11.1. The summed E-state index contributed by atoms with van der Waals surface area (Å²) in [5.74, 6) is -0.366. The molecule has 1 aliphatic rings. The van der Waals surface area contributed by atoms with Crippen LogP contribution >= 0.6 is 0 Å². The van der Waals surface area contributed by atoms with E-state index >= 15 is 0 Å². The molecule has 1 amide bonds. The Morgan fingerprint density at radius 2 is 2.05 bits per heavy atom. The first kappa shape index (κ1) is 14.0. The number of benzene rings is 1. The maximum absolute atomic E-state index is 11.1. The number of carbonyl (C=O) groups is 1. The summed E-state index contributed by atoms with van der Waals surface area (Å²) >= 11 is 0. The molecule has 0 spiro atoms. The maximum Gasteiger partial charge on any atom is 0.248 e. The highest BCUT2D eigenvalue weighted by atomic mass is 16.1. The van der Waals surface area contributed by atoms with E-state index in [0.29, 0.717) is 5.56 Å². The van der Waals surface area contributed by atoms with Crippen LogP contribution in [-0.2, 0) is 6.54 Å². The van der Waals surface area contributed by atoms with Crippen molar-refractivity contribution in [3.63, 3.8) is 0 Å². The molecule has 0 saturated carbocycles. The highest BCUT2D eigenvalue weighted by Crippen LogP contribution is 2.07. The lowest BCUT2D eigenvalue weighted by atomic mass is 10.1. The third-order valence-electron chi connectivity index (χ3n) is 3.59. The van der Waals surface area contributed by atoms with Crippen LogP contribution in [-0.4, -0.2) is 37.0 Å². The third kappa shape index (κ3) is 4.65. The van der Waals surface area contributed by atoms with Crippen LogP contribution in [0.1, 0.15) is 35.2 Å². The van der Waals surface area contributed by atoms with Gasteiger partial charge >= 0.3 is 0 Å². The minimum absolute atomic E-state index is 0.366. The zero-order chi connectivity index (χ0) is 13.5. The smallest absolute Gasteiger partial charge is 0.248 e. The van der Waals surface area contributed by atoms with Crippen LogP contribution in [0, 0.1) is 0 Å². The zero-order valence-corrected chi connectivity index (χ0v) is 11.4. The number of amides is 1. The number of nitrogens with two attached hydrogens (primary N) is 1. The van der Waals surface area contributed by atoms with Crippen molar-refractivity contribution < 1.29 is 4.79 Å². The Morgan fingerprint density at radius 1 is 1.26 bits per heavy atom. The molecular weight excluding hydrogens is 238 g/mol. The van der Waals surface area contributed by atoms with Crippen molar-refractivity contribution in [2.75, 3.05) is 26.2 Å². The second kappa shape index (κ2) is 7.26. The first-order chi connectivity index (χ1) is 9.25. The van der Waals surface area contributed by atoms with Crippen LogP contribution in [0.25, 0.3) is 0 Å². The fourth-order valence-corrected chi connectivity index (χ4v) is 2.49. The summed E-state index contributed by atoms with van der Waals surface area (Å²) in [6.45, 7) is 5.35. The second-order valence-electron chi connectivity index (χ2n) is 5.14. The van der Waals surface area contributed by atoms with Crippen LogP contribution in [0.4, 0.5) is 0 Å². The monoisotopic (exact) mass is 261 g/mol. The predicted octanol–water partition coefficient (Wildman–Crippen LogP) is 1.36. The van der Waals surface area contributed by atoms with Crippen molar-refractivity contribution in [3.05, 3.63) is 35.4 Å². The van der Waals surface area contributed by atoms with Gasteiger partial charge in [0.05, 0.1) is 0 Å². The number of hydrogen-bond acceptors (Lipinski definition) is 3. The summed E-state index contributed by atoms with van der Waals surface area (Å²) < 4.78 is 0. The van der Waals surface area contributed by atoms with Crippen LogP contribution in [0.5, 0.6) is 0 Å². The quantitative estimate of drug-likeness (QED) is 0.760. The van der Waals surface area contributed by atoms with Gasteiger partial charge in [-0.15, -0.1) is 0 Å². The molecule has 1 aromatic rings. The van der Waals surface area contributed by atoms with E-state index in [9.17, 15) is 4.79 Å². The van der Waals surface area contributed by atoms with Crippen molar-refractivity contribution in [2.24, 2.45) is 5.73 Å². The van der Waals surface area contributed by atoms with Gasteiger partial charge in [-0.3, -0.25) is 4.79 Å². The number of piperidine rings is 1. The van der Waals surface area contributed by atoms with E-state index in [4.69, 9.17) is 5.73 Å². The Bertz CT molecular complexity index is 414. The number of rotatable bonds is 6. The topological polar surface area (TPSA) is 58.4 Å². The fourth-order valence-electron chi connectivity index (χ4n) is 2.49. The van der Waals surface area contributed by atoms with Gasteiger partial charge in [0.2, 0.25) is 5.91 Å². The molecule has 0 unspecified atom stereocenters. The molecule has 19 heavy (non-hydrogen) atoms. The molecule has 4 nitrogen and oxygen atoms in total. The molecular formula is C15H23N3O. The summed E-state index contributed by atoms with van der Waals surface area (Å²) in [7, 11) is 0. The molecule has 0 atom stereocenters. The van der Waals surface area contributed by atoms with Crippen molar-refractivity contribution in [3.8, 4) is 0 Å². The molecule has 1 aromatic carbocycles. The van der Waals surface area contributed by atoms with Gasteiger partial charge in [-0.25, -0.2) is 0 Å². The highest BCUT2D eigenvalue weighted by molar-refractivity contribution is 5.92. The molecule has 0 bridgehead atoms. The summed E-state index contributed by atoms with van der Waals surface area (Å²) in [6.07, 6.45) is 4.05. The largest absolute Gasteiger partial charge is 0.366 e. The summed E-state index contributed by atoms with van der Waals surface area (Å²) in [5, 5.41) is 3.42. The molecule has 104 valence electrons. The average molecular weight is 261 g/mol. The van der Waals surface area contributed by atoms with Crippen LogP contribution in [0.3, 0.4) is 0 Å². The Morgan fingerprint density at radius 3 is 2.79 bits per heavy atom. The summed E-state index contributed by atoms with van der Waals surface area (Å²) in [6, 6.07) is 7.50. The van der Waals surface area contributed by atoms with Gasteiger partial charge < -0.3 is 16.0 Å². The van der Waals surface area contributed by atoms with E-state index in [1.807, 2.05) is 18.2 Å². The number of nitrogens with zero attached hydrogens (tertiary/aromatic N) is 1. The van der Waals surface area contributed by atoms with E-state index in [-0.39, 0.29) is 5.91 Å². The number of carbonyl (C=O) groups excluding carboxylic acids is 1. The minimum atomic E-state index is -0.366. The van der Waals surface area contributed by atoms with Gasteiger partial charge in [-0.1, -0.05) is 18.6 Å². The molecule has 1 aliphatic heterocycles. The van der Waals surface area contributed by atoms with Crippen molar-refractivity contribution >= 4 is 5.91 Å². The summed E-state index contributed by atoms with van der Waals surface area (Å²) in [4.78, 5) is 13.6. The van der Waals surface area contributed by atoms with E-state index in [1.54, 1.807) is 6.07 Å². The van der Waals surface area contributed by atoms with Crippen molar-refractivity contribution in [2.45, 2.75) is 25.8 Å². The number of primary amides is 1. The van der Waals surface area contributed by atoms with E-state index in [0.717, 1.165) is 25.2 Å². The van der Waals surface area contributed by atoms with Crippen LogP contribution < -0.4 is 11.1 Å². The Balaban J connectivity index is 1.70. The van der Waals surface area contributed by atoms with E-state index < -0.39 is 0 Å². The van der Waals surface area contributed by atoms with Crippen LogP contribution in [0.15, 0.2) is 24.3 Å². The number of hydrogen-bond donors (Lipinski definition) is 2. The standard InChI is InChI=1S/C15H23N3O/c16-15(19)14-6-4-5-13(11-14)12-17-7-10-18-8-2-1-3-9-18/h4-6,11,17H,1-3,7-10,12H2,(H2,16,19). The lowest BCUT2D eigenvalue weighted by Crippen LogP contribution is -2.35. The fraction of sp³-hybridized carbons (Fsp3) is 0.533. The summed E-state index contributed by atoms with van der Waals surface area (Å²) in [5.41, 5.74) is 6.95. The van der Waals surface area contributed by atoms with E-state index in [1.165, 1.54) is 32.4 Å². The normalized spacial score (nSPS) is 16.4. The van der Waals surface area contributed by atoms with Gasteiger partial charge in [0, 0.05) is 25.2 Å². The molecule has 2 rings (SSSR count). The first-order valence-corrected chi connectivity index (χ1v) is 7.07. The van der Waals surface area contributed by atoms with Crippen molar-refractivity contribution in [1.29, 1.82) is 0 Å². The molecule has 0 aliphatic carbocycles. The lowest BCUT2D eigenvalue weighted by molar-refractivity contribution is 0.1000. The van der Waals surface area contributed by atoms with Gasteiger partial charge in [0.25, 0.3) is 0 Å². The molecule has 3 N–H and O–H groups in total. The molecule has 0 radical (unpaired) electrons. The average Bonchev–Trinajstić information content (AvgIpc) is 2.45.